The third kappa shape index (κ3) is 2.60. The van der Waals surface area contributed by atoms with Crippen LogP contribution in [0.15, 0.2) is 41.2 Å². The van der Waals surface area contributed by atoms with Crippen LogP contribution in [0, 0.1) is 5.82 Å². The summed E-state index contributed by atoms with van der Waals surface area (Å²) in [6.45, 7) is 0.463. The maximum absolute atomic E-state index is 13.9. The Hall–Kier alpha value is -3.26. The zero-order valence-corrected chi connectivity index (χ0v) is 13.5. The fraction of sp³-hybridized carbons (Fsp3) is 0.167. The molecule has 26 heavy (non-hydrogen) atoms. The first-order valence-electron chi connectivity index (χ1n) is 8.04. The van der Waals surface area contributed by atoms with E-state index in [-0.39, 0.29) is 19.0 Å². The lowest BCUT2D eigenvalue weighted by Gasteiger charge is -2.20. The van der Waals surface area contributed by atoms with Gasteiger partial charge in [0.2, 0.25) is 11.7 Å². The molecule has 0 atom stereocenters. The van der Waals surface area contributed by atoms with Crippen molar-refractivity contribution in [3.05, 3.63) is 59.5 Å². The number of rotatable bonds is 3. The molecule has 5 rings (SSSR count). The molecule has 1 aliphatic rings. The van der Waals surface area contributed by atoms with Crippen LogP contribution < -0.4 is 4.74 Å². The highest BCUT2D eigenvalue weighted by molar-refractivity contribution is 5.79. The Morgan fingerprint density at radius 3 is 3.12 bits per heavy atom. The van der Waals surface area contributed by atoms with Gasteiger partial charge < -0.3 is 19.0 Å². The molecule has 2 aromatic carbocycles. The zero-order valence-electron chi connectivity index (χ0n) is 13.5. The number of nitrogens with zero attached hydrogens (tertiary/aromatic N) is 3. The number of H-pyrrole nitrogens is 1. The van der Waals surface area contributed by atoms with Gasteiger partial charge in [0, 0.05) is 16.7 Å². The average Bonchev–Trinajstić information content (AvgIpc) is 3.30. The lowest BCUT2D eigenvalue weighted by molar-refractivity contribution is -0.0172. The van der Waals surface area contributed by atoms with E-state index in [0.717, 1.165) is 16.6 Å². The van der Waals surface area contributed by atoms with Gasteiger partial charge in [-0.1, -0.05) is 5.16 Å². The second-order valence-electron chi connectivity index (χ2n) is 5.99. The molecule has 2 aromatic heterocycles. The number of hydrogen-bond acceptors (Lipinski definition) is 6. The molecule has 0 fully saturated rings. The van der Waals surface area contributed by atoms with Crippen LogP contribution in [0.3, 0.4) is 0 Å². The molecule has 3 heterocycles. The van der Waals surface area contributed by atoms with Crippen molar-refractivity contribution >= 4 is 11.0 Å². The minimum atomic E-state index is -0.350. The van der Waals surface area contributed by atoms with Gasteiger partial charge in [0.1, 0.15) is 11.6 Å². The van der Waals surface area contributed by atoms with E-state index in [1.165, 1.54) is 12.1 Å². The minimum Gasteiger partial charge on any atom is -0.467 e. The summed E-state index contributed by atoms with van der Waals surface area (Å²) in [6, 6.07) is 8.50. The maximum Gasteiger partial charge on any atom is 0.231 e. The summed E-state index contributed by atoms with van der Waals surface area (Å²) in [5.41, 5.74) is 3.89. The Morgan fingerprint density at radius 1 is 1.19 bits per heavy atom. The van der Waals surface area contributed by atoms with Crippen LogP contribution in [0.1, 0.15) is 17.0 Å². The highest BCUT2D eigenvalue weighted by Gasteiger charge is 2.19. The fourth-order valence-corrected chi connectivity index (χ4v) is 3.07. The largest absolute Gasteiger partial charge is 0.467 e. The van der Waals surface area contributed by atoms with Crippen molar-refractivity contribution in [3.8, 4) is 17.1 Å². The van der Waals surface area contributed by atoms with Crippen LogP contribution in [-0.2, 0) is 17.8 Å². The van der Waals surface area contributed by atoms with Gasteiger partial charge in [0.25, 0.3) is 0 Å². The highest BCUT2D eigenvalue weighted by Crippen LogP contribution is 2.31. The summed E-state index contributed by atoms with van der Waals surface area (Å²) >= 11 is 0. The molecule has 0 saturated carbocycles. The molecule has 0 unspecified atom stereocenters. The van der Waals surface area contributed by atoms with Crippen LogP contribution in [-0.4, -0.2) is 26.9 Å². The zero-order chi connectivity index (χ0) is 17.5. The summed E-state index contributed by atoms with van der Waals surface area (Å²) in [5.74, 6) is 1.12. The molecule has 7 nitrogen and oxygen atoms in total. The van der Waals surface area contributed by atoms with E-state index in [0.29, 0.717) is 35.2 Å². The smallest absolute Gasteiger partial charge is 0.231 e. The summed E-state index contributed by atoms with van der Waals surface area (Å²) in [4.78, 5) is 11.7. The Kier molecular flexibility index (Phi) is 3.42. The standard InChI is InChI=1S/C18H13FN4O3/c19-13-3-11(17-12(4-13)7-24-9-25-17)6-16-22-18(23-26-16)10-1-2-14-15(5-10)21-8-20-14/h1-5,8H,6-7,9H2,(H,20,21). The van der Waals surface area contributed by atoms with E-state index in [1.807, 2.05) is 18.2 Å². The quantitative estimate of drug-likeness (QED) is 0.609. The van der Waals surface area contributed by atoms with Gasteiger partial charge in [-0.25, -0.2) is 9.37 Å². The van der Waals surface area contributed by atoms with Crippen LogP contribution in [0.25, 0.3) is 22.4 Å². The van der Waals surface area contributed by atoms with Crippen molar-refractivity contribution in [2.24, 2.45) is 0 Å². The maximum atomic E-state index is 13.9. The molecule has 8 heteroatoms. The summed E-state index contributed by atoms with van der Waals surface area (Å²) in [6.07, 6.45) is 1.91. The Labute approximate surface area is 146 Å². The molecular weight excluding hydrogens is 339 g/mol. The third-order valence-corrected chi connectivity index (χ3v) is 4.24. The number of fused-ring (bicyclic) bond motifs is 2. The highest BCUT2D eigenvalue weighted by atomic mass is 19.1. The first-order chi connectivity index (χ1) is 12.8. The monoisotopic (exact) mass is 352 g/mol. The SMILES string of the molecule is Fc1cc2c(c(Cc3nc(-c4ccc5nc[nH]c5c4)no3)c1)OCOC2. The third-order valence-electron chi connectivity index (χ3n) is 4.24. The topological polar surface area (TPSA) is 86.1 Å². The lowest BCUT2D eigenvalue weighted by Crippen LogP contribution is -2.13. The van der Waals surface area contributed by atoms with Gasteiger partial charge in [0.05, 0.1) is 30.4 Å². The van der Waals surface area contributed by atoms with Gasteiger partial charge in [-0.3, -0.25) is 0 Å². The predicted octanol–water partition coefficient (Wildman–Crippen LogP) is 3.21. The minimum absolute atomic E-state index is 0.144. The Morgan fingerprint density at radius 2 is 2.15 bits per heavy atom. The molecule has 1 N–H and O–H groups in total. The predicted molar refractivity (Wildman–Crippen MR) is 88.9 cm³/mol. The fourth-order valence-electron chi connectivity index (χ4n) is 3.07. The molecular formula is C18H13FN4O3. The number of aromatic amines is 1. The number of benzene rings is 2. The normalized spacial score (nSPS) is 13.6. The van der Waals surface area contributed by atoms with Gasteiger partial charge in [-0.15, -0.1) is 0 Å². The van der Waals surface area contributed by atoms with Crippen molar-refractivity contribution in [2.75, 3.05) is 6.79 Å². The molecule has 1 aliphatic heterocycles. The van der Waals surface area contributed by atoms with Crippen molar-refractivity contribution < 1.29 is 18.4 Å². The Bertz CT molecular complexity index is 1100. The van der Waals surface area contributed by atoms with E-state index in [2.05, 4.69) is 20.1 Å². The molecule has 0 bridgehead atoms. The first-order valence-corrected chi connectivity index (χ1v) is 8.04. The number of ether oxygens (including phenoxy) is 2. The first kappa shape index (κ1) is 15.0. The number of halogens is 1. The van der Waals surface area contributed by atoms with Gasteiger partial charge >= 0.3 is 0 Å². The number of aromatic nitrogens is 4. The van der Waals surface area contributed by atoms with Gasteiger partial charge in [0.15, 0.2) is 6.79 Å². The number of nitrogens with one attached hydrogen (secondary N) is 1. The lowest BCUT2D eigenvalue weighted by atomic mass is 10.1. The Balaban J connectivity index is 1.47. The van der Waals surface area contributed by atoms with Crippen LogP contribution in [0.2, 0.25) is 0 Å². The van der Waals surface area contributed by atoms with E-state index < -0.39 is 0 Å². The van der Waals surface area contributed by atoms with Crippen LogP contribution in [0.5, 0.6) is 5.75 Å². The average molecular weight is 352 g/mol. The second kappa shape index (κ2) is 5.92. The molecule has 130 valence electrons. The van der Waals surface area contributed by atoms with Crippen molar-refractivity contribution in [1.82, 2.24) is 20.1 Å². The summed E-state index contributed by atoms with van der Waals surface area (Å²) in [5, 5.41) is 4.03. The van der Waals surface area contributed by atoms with Crippen molar-refractivity contribution in [2.45, 2.75) is 13.0 Å². The number of imidazole rings is 1. The number of hydrogen-bond donors (Lipinski definition) is 1. The molecule has 0 amide bonds. The van der Waals surface area contributed by atoms with Crippen LogP contribution >= 0.6 is 0 Å². The van der Waals surface area contributed by atoms with Crippen molar-refractivity contribution in [1.29, 1.82) is 0 Å². The summed E-state index contributed by atoms with van der Waals surface area (Å²) in [7, 11) is 0. The molecule has 0 aliphatic carbocycles. The van der Waals surface area contributed by atoms with Gasteiger partial charge in [-0.05, 0) is 30.3 Å². The molecule has 0 spiro atoms. The second-order valence-corrected chi connectivity index (χ2v) is 5.99. The molecule has 4 aromatic rings. The van der Waals surface area contributed by atoms with E-state index >= 15 is 0 Å². The van der Waals surface area contributed by atoms with Crippen molar-refractivity contribution in [3.63, 3.8) is 0 Å². The van der Waals surface area contributed by atoms with E-state index in [9.17, 15) is 4.39 Å². The van der Waals surface area contributed by atoms with Crippen LogP contribution in [0.4, 0.5) is 4.39 Å². The molecule has 0 saturated heterocycles. The van der Waals surface area contributed by atoms with E-state index in [1.54, 1.807) is 6.33 Å². The molecule has 0 radical (unpaired) electrons. The van der Waals surface area contributed by atoms with E-state index in [4.69, 9.17) is 14.0 Å². The van der Waals surface area contributed by atoms with Gasteiger partial charge in [-0.2, -0.15) is 4.98 Å². The summed E-state index contributed by atoms with van der Waals surface area (Å²) < 4.78 is 29.9.